The minimum Gasteiger partial charge on any atom is -0.467 e. The van der Waals surface area contributed by atoms with Crippen molar-refractivity contribution >= 4 is 23.5 Å². The maximum atomic E-state index is 12.0. The van der Waals surface area contributed by atoms with E-state index < -0.39 is 17.9 Å². The predicted octanol–water partition coefficient (Wildman–Crippen LogP) is 2.05. The average Bonchev–Trinajstić information content (AvgIpc) is 2.36. The lowest BCUT2D eigenvalue weighted by atomic mass is 10.0. The Bertz CT molecular complexity index is 463. The minimum absolute atomic E-state index is 0.171. The van der Waals surface area contributed by atoms with Crippen molar-refractivity contribution in [2.45, 2.75) is 26.3 Å². The van der Waals surface area contributed by atoms with Crippen molar-refractivity contribution in [1.82, 2.24) is 10.3 Å². The number of nitrogens with one attached hydrogen (secondary N) is 1. The number of hydrogen-bond donors (Lipinski definition) is 1. The summed E-state index contributed by atoms with van der Waals surface area (Å²) in [5, 5.41) is 2.84. The van der Waals surface area contributed by atoms with Crippen LogP contribution in [0.1, 0.15) is 30.8 Å². The number of amides is 1. The zero-order chi connectivity index (χ0) is 14.4. The van der Waals surface area contributed by atoms with Gasteiger partial charge in [-0.1, -0.05) is 31.5 Å². The van der Waals surface area contributed by atoms with Gasteiger partial charge in [0.15, 0.2) is 0 Å². The molecule has 1 rings (SSSR count). The molecular formula is C13H17ClN2O3. The molecule has 0 aliphatic rings. The highest BCUT2D eigenvalue weighted by Crippen LogP contribution is 2.09. The normalized spacial score (nSPS) is 12.1. The molecule has 0 spiro atoms. The van der Waals surface area contributed by atoms with Crippen molar-refractivity contribution in [3.8, 4) is 0 Å². The van der Waals surface area contributed by atoms with Crippen molar-refractivity contribution in [2.75, 3.05) is 7.11 Å². The van der Waals surface area contributed by atoms with Gasteiger partial charge in [0, 0.05) is 0 Å². The maximum Gasteiger partial charge on any atom is 0.328 e. The van der Waals surface area contributed by atoms with Crippen LogP contribution in [0.15, 0.2) is 18.2 Å². The molecule has 6 heteroatoms. The number of carbonyl (C=O) groups excluding carboxylic acids is 2. The van der Waals surface area contributed by atoms with Crippen LogP contribution in [0.5, 0.6) is 0 Å². The molecule has 5 nitrogen and oxygen atoms in total. The van der Waals surface area contributed by atoms with Crippen molar-refractivity contribution < 1.29 is 14.3 Å². The summed E-state index contributed by atoms with van der Waals surface area (Å²) < 4.78 is 4.67. The van der Waals surface area contributed by atoms with Crippen LogP contribution in [0.3, 0.4) is 0 Å². The fourth-order valence-corrected chi connectivity index (χ4v) is 1.76. The number of nitrogens with zero attached hydrogens (tertiary/aromatic N) is 1. The summed E-state index contributed by atoms with van der Waals surface area (Å²) in [5.74, 6) is -0.667. The average molecular weight is 285 g/mol. The van der Waals surface area contributed by atoms with Crippen LogP contribution in [0.4, 0.5) is 0 Å². The Hall–Kier alpha value is -1.62. The van der Waals surface area contributed by atoms with Gasteiger partial charge in [-0.25, -0.2) is 9.78 Å². The van der Waals surface area contributed by atoms with Crippen molar-refractivity contribution in [1.29, 1.82) is 0 Å². The van der Waals surface area contributed by atoms with Crippen LogP contribution in [0.2, 0.25) is 5.15 Å². The molecule has 1 unspecified atom stereocenters. The van der Waals surface area contributed by atoms with E-state index in [1.165, 1.54) is 13.2 Å². The molecule has 1 atom stereocenters. The smallest absolute Gasteiger partial charge is 0.328 e. The summed E-state index contributed by atoms with van der Waals surface area (Å²) in [4.78, 5) is 27.5. The summed E-state index contributed by atoms with van der Waals surface area (Å²) in [6.07, 6.45) is 0.499. The second-order valence-corrected chi connectivity index (χ2v) is 4.91. The first-order valence-electron chi connectivity index (χ1n) is 5.95. The topological polar surface area (TPSA) is 68.3 Å². The molecular weight excluding hydrogens is 268 g/mol. The highest BCUT2D eigenvalue weighted by molar-refractivity contribution is 6.29. The molecule has 1 heterocycles. The van der Waals surface area contributed by atoms with E-state index in [4.69, 9.17) is 11.6 Å². The van der Waals surface area contributed by atoms with Crippen LogP contribution in [-0.2, 0) is 9.53 Å². The largest absolute Gasteiger partial charge is 0.467 e. The highest BCUT2D eigenvalue weighted by atomic mass is 35.5. The van der Waals surface area contributed by atoms with Gasteiger partial charge in [0.1, 0.15) is 16.9 Å². The summed E-state index contributed by atoms with van der Waals surface area (Å²) in [7, 11) is 1.29. The van der Waals surface area contributed by atoms with E-state index >= 15 is 0 Å². The molecule has 104 valence electrons. The monoisotopic (exact) mass is 284 g/mol. The molecule has 0 bridgehead atoms. The van der Waals surface area contributed by atoms with E-state index in [-0.39, 0.29) is 16.8 Å². The summed E-state index contributed by atoms with van der Waals surface area (Å²) in [6.45, 7) is 3.92. The number of carbonyl (C=O) groups is 2. The fraction of sp³-hybridized carbons (Fsp3) is 0.462. The number of rotatable bonds is 5. The Morgan fingerprint density at radius 2 is 2.11 bits per heavy atom. The van der Waals surface area contributed by atoms with Gasteiger partial charge in [0.05, 0.1) is 7.11 Å². The van der Waals surface area contributed by atoms with Gasteiger partial charge in [0.25, 0.3) is 5.91 Å². The molecule has 0 radical (unpaired) electrons. The van der Waals surface area contributed by atoms with E-state index in [0.29, 0.717) is 6.42 Å². The Labute approximate surface area is 117 Å². The molecule has 0 aliphatic heterocycles. The SMILES string of the molecule is COC(=O)C(CC(C)C)NC(=O)c1cccc(Cl)n1. The molecule has 1 N–H and O–H groups in total. The van der Waals surface area contributed by atoms with E-state index in [2.05, 4.69) is 15.0 Å². The first-order valence-corrected chi connectivity index (χ1v) is 6.33. The van der Waals surface area contributed by atoms with Crippen LogP contribution in [-0.4, -0.2) is 30.0 Å². The van der Waals surface area contributed by atoms with Gasteiger partial charge in [-0.2, -0.15) is 0 Å². The third-order valence-corrected chi connectivity index (χ3v) is 2.66. The van der Waals surface area contributed by atoms with Gasteiger partial charge in [0.2, 0.25) is 0 Å². The molecule has 1 aromatic heterocycles. The Morgan fingerprint density at radius 1 is 1.42 bits per heavy atom. The molecule has 0 aromatic carbocycles. The lowest BCUT2D eigenvalue weighted by molar-refractivity contribution is -0.143. The molecule has 19 heavy (non-hydrogen) atoms. The van der Waals surface area contributed by atoms with Gasteiger partial charge in [-0.15, -0.1) is 0 Å². The van der Waals surface area contributed by atoms with Gasteiger partial charge < -0.3 is 10.1 Å². The number of aromatic nitrogens is 1. The standard InChI is InChI=1S/C13H17ClN2O3/c1-8(2)7-10(13(18)19-3)16-12(17)9-5-4-6-11(14)15-9/h4-6,8,10H,7H2,1-3H3,(H,16,17). The van der Waals surface area contributed by atoms with Gasteiger partial charge >= 0.3 is 5.97 Å². The van der Waals surface area contributed by atoms with E-state index in [1.807, 2.05) is 13.8 Å². The van der Waals surface area contributed by atoms with Crippen LogP contribution < -0.4 is 5.32 Å². The third-order valence-electron chi connectivity index (χ3n) is 2.45. The number of ether oxygens (including phenoxy) is 1. The Morgan fingerprint density at radius 3 is 2.63 bits per heavy atom. The lowest BCUT2D eigenvalue weighted by Crippen LogP contribution is -2.42. The molecule has 1 aromatic rings. The van der Waals surface area contributed by atoms with Crippen LogP contribution in [0, 0.1) is 5.92 Å². The number of esters is 1. The highest BCUT2D eigenvalue weighted by Gasteiger charge is 2.23. The van der Waals surface area contributed by atoms with Crippen molar-refractivity contribution in [2.24, 2.45) is 5.92 Å². The molecule has 0 fully saturated rings. The fourth-order valence-electron chi connectivity index (χ4n) is 1.59. The first-order chi connectivity index (χ1) is 8.93. The lowest BCUT2D eigenvalue weighted by Gasteiger charge is -2.18. The number of pyridine rings is 1. The Kier molecular flexibility index (Phi) is 5.76. The first kappa shape index (κ1) is 15.4. The van der Waals surface area contributed by atoms with Crippen LogP contribution >= 0.6 is 11.6 Å². The zero-order valence-electron chi connectivity index (χ0n) is 11.1. The number of methoxy groups -OCH3 is 1. The van der Waals surface area contributed by atoms with Gasteiger partial charge in [-0.05, 0) is 24.5 Å². The molecule has 0 saturated carbocycles. The van der Waals surface area contributed by atoms with Gasteiger partial charge in [-0.3, -0.25) is 4.79 Å². The van der Waals surface area contributed by atoms with Crippen molar-refractivity contribution in [3.05, 3.63) is 29.0 Å². The summed E-state index contributed by atoms with van der Waals surface area (Å²) >= 11 is 5.72. The zero-order valence-corrected chi connectivity index (χ0v) is 11.9. The Balaban J connectivity index is 2.78. The number of halogens is 1. The molecule has 0 saturated heterocycles. The van der Waals surface area contributed by atoms with E-state index in [1.54, 1.807) is 12.1 Å². The van der Waals surface area contributed by atoms with E-state index in [9.17, 15) is 9.59 Å². The maximum absolute atomic E-state index is 12.0. The molecule has 1 amide bonds. The summed E-state index contributed by atoms with van der Waals surface area (Å²) in [6, 6.07) is 4.05. The van der Waals surface area contributed by atoms with E-state index in [0.717, 1.165) is 0 Å². The van der Waals surface area contributed by atoms with Crippen LogP contribution in [0.25, 0.3) is 0 Å². The number of hydrogen-bond acceptors (Lipinski definition) is 4. The summed E-state index contributed by atoms with van der Waals surface area (Å²) in [5.41, 5.74) is 0.171. The minimum atomic E-state index is -0.682. The van der Waals surface area contributed by atoms with Crippen molar-refractivity contribution in [3.63, 3.8) is 0 Å². The second kappa shape index (κ2) is 7.09. The third kappa shape index (κ3) is 4.87. The second-order valence-electron chi connectivity index (χ2n) is 4.52. The predicted molar refractivity (Wildman–Crippen MR) is 72.0 cm³/mol. The molecule has 0 aliphatic carbocycles. The quantitative estimate of drug-likeness (QED) is 0.664.